The fourth-order valence-corrected chi connectivity index (χ4v) is 2.57. The van der Waals surface area contributed by atoms with Crippen LogP contribution in [-0.4, -0.2) is 33.5 Å². The second-order valence-electron chi connectivity index (χ2n) is 5.32. The van der Waals surface area contributed by atoms with Gasteiger partial charge in [-0.25, -0.2) is 0 Å². The van der Waals surface area contributed by atoms with Crippen LogP contribution >= 0.6 is 0 Å². The molecule has 18 heavy (non-hydrogen) atoms. The third-order valence-electron chi connectivity index (χ3n) is 3.58. The average molecular weight is 248 g/mol. The number of aryl methyl sites for hydroxylation is 1. The predicted molar refractivity (Wildman–Crippen MR) is 69.2 cm³/mol. The molecule has 1 aromatic heterocycles. The number of hydrogen-bond donors (Lipinski definition) is 1. The second kappa shape index (κ2) is 5.48. The molecule has 0 saturated carbocycles. The summed E-state index contributed by atoms with van der Waals surface area (Å²) in [7, 11) is 0. The summed E-state index contributed by atoms with van der Waals surface area (Å²) in [6.45, 7) is 5.66. The molecule has 1 N–H and O–H groups in total. The lowest BCUT2D eigenvalue weighted by Crippen LogP contribution is -2.46. The Morgan fingerprint density at radius 3 is 3.00 bits per heavy atom. The Balaban J connectivity index is 2.09. The van der Waals surface area contributed by atoms with E-state index in [1.807, 2.05) is 19.3 Å². The Morgan fingerprint density at radius 1 is 1.56 bits per heavy atom. The van der Waals surface area contributed by atoms with Gasteiger partial charge in [-0.1, -0.05) is 13.0 Å². The maximum absolute atomic E-state index is 11.3. The zero-order chi connectivity index (χ0) is 13.1. The number of rotatable bonds is 3. The Hall–Kier alpha value is -1.42. The fraction of sp³-hybridized carbons (Fsp3) is 0.571. The molecule has 1 aromatic rings. The molecule has 4 nitrogen and oxygen atoms in total. The second-order valence-corrected chi connectivity index (χ2v) is 5.32. The molecule has 0 amide bonds. The number of pyridine rings is 1. The molecule has 98 valence electrons. The molecule has 2 unspecified atom stereocenters. The van der Waals surface area contributed by atoms with Crippen LogP contribution in [0.1, 0.15) is 30.9 Å². The van der Waals surface area contributed by atoms with Crippen molar-refractivity contribution in [1.82, 2.24) is 9.88 Å². The summed E-state index contributed by atoms with van der Waals surface area (Å²) in [4.78, 5) is 17.5. The maximum Gasteiger partial charge on any atom is 0.320 e. The summed E-state index contributed by atoms with van der Waals surface area (Å²) in [5, 5.41) is 9.30. The van der Waals surface area contributed by atoms with Crippen molar-refractivity contribution in [2.24, 2.45) is 5.92 Å². The average Bonchev–Trinajstić information content (AvgIpc) is 2.31. The molecule has 1 aliphatic rings. The van der Waals surface area contributed by atoms with Gasteiger partial charge in [0.05, 0.1) is 0 Å². The highest BCUT2D eigenvalue weighted by Crippen LogP contribution is 2.24. The van der Waals surface area contributed by atoms with E-state index in [1.165, 1.54) is 0 Å². The molecule has 1 aliphatic heterocycles. The van der Waals surface area contributed by atoms with E-state index in [2.05, 4.69) is 22.9 Å². The van der Waals surface area contributed by atoms with Crippen molar-refractivity contribution in [1.29, 1.82) is 0 Å². The molecule has 2 heterocycles. The molecule has 2 atom stereocenters. The predicted octanol–water partition coefficient (Wildman–Crippen LogP) is 2.08. The summed E-state index contributed by atoms with van der Waals surface area (Å²) in [5.74, 6) is -0.208. The molecule has 4 heteroatoms. The van der Waals surface area contributed by atoms with Crippen molar-refractivity contribution in [3.63, 3.8) is 0 Å². The fourth-order valence-electron chi connectivity index (χ4n) is 2.57. The maximum atomic E-state index is 11.3. The van der Waals surface area contributed by atoms with Crippen LogP contribution in [0.2, 0.25) is 0 Å². The minimum absolute atomic E-state index is 0.353. The van der Waals surface area contributed by atoms with E-state index in [0.717, 1.165) is 30.5 Å². The number of aliphatic carboxylic acids is 1. The van der Waals surface area contributed by atoms with E-state index < -0.39 is 5.97 Å². The van der Waals surface area contributed by atoms with Gasteiger partial charge < -0.3 is 5.11 Å². The molecule has 0 aliphatic carbocycles. The molecule has 0 bridgehead atoms. The van der Waals surface area contributed by atoms with Crippen LogP contribution < -0.4 is 0 Å². The van der Waals surface area contributed by atoms with Crippen molar-refractivity contribution in [2.75, 3.05) is 6.54 Å². The highest BCUT2D eigenvalue weighted by Gasteiger charge is 2.31. The highest BCUT2D eigenvalue weighted by molar-refractivity contribution is 5.73. The number of carboxylic acid groups (broad SMARTS) is 1. The van der Waals surface area contributed by atoms with E-state index in [9.17, 15) is 9.90 Å². The van der Waals surface area contributed by atoms with E-state index in [-0.39, 0.29) is 6.04 Å². The van der Waals surface area contributed by atoms with Gasteiger partial charge in [0.15, 0.2) is 0 Å². The standard InChI is InChI=1S/C14H20N2O2/c1-10-3-4-16(13(6-10)14(17)18)9-12-5-11(2)7-15-8-12/h5,7-8,10,13H,3-4,6,9H2,1-2H3,(H,17,18). The van der Waals surface area contributed by atoms with Crippen LogP contribution in [0, 0.1) is 12.8 Å². The molecule has 0 radical (unpaired) electrons. The third kappa shape index (κ3) is 3.07. The Labute approximate surface area is 108 Å². The van der Waals surface area contributed by atoms with Gasteiger partial charge in [-0.2, -0.15) is 0 Å². The minimum Gasteiger partial charge on any atom is -0.480 e. The first-order valence-corrected chi connectivity index (χ1v) is 6.43. The van der Waals surface area contributed by atoms with Crippen molar-refractivity contribution in [2.45, 2.75) is 39.3 Å². The molecule has 0 spiro atoms. The van der Waals surface area contributed by atoms with E-state index >= 15 is 0 Å². The van der Waals surface area contributed by atoms with Crippen molar-refractivity contribution >= 4 is 5.97 Å². The van der Waals surface area contributed by atoms with Crippen LogP contribution in [-0.2, 0) is 11.3 Å². The number of hydrogen-bond acceptors (Lipinski definition) is 3. The zero-order valence-corrected chi connectivity index (χ0v) is 11.0. The molecule has 2 rings (SSSR count). The molecular formula is C14H20N2O2. The largest absolute Gasteiger partial charge is 0.480 e. The first-order valence-electron chi connectivity index (χ1n) is 6.43. The smallest absolute Gasteiger partial charge is 0.320 e. The van der Waals surface area contributed by atoms with Gasteiger partial charge >= 0.3 is 5.97 Å². The van der Waals surface area contributed by atoms with E-state index in [1.54, 1.807) is 0 Å². The molecule has 1 fully saturated rings. The SMILES string of the molecule is Cc1cncc(CN2CCC(C)CC2C(=O)O)c1. The van der Waals surface area contributed by atoms with Gasteiger partial charge in [-0.05, 0) is 43.4 Å². The first kappa shape index (κ1) is 13.0. The Morgan fingerprint density at radius 2 is 2.33 bits per heavy atom. The van der Waals surface area contributed by atoms with Gasteiger partial charge in [0, 0.05) is 18.9 Å². The number of piperidine rings is 1. The van der Waals surface area contributed by atoms with Crippen LogP contribution in [0.4, 0.5) is 0 Å². The monoisotopic (exact) mass is 248 g/mol. The Bertz CT molecular complexity index is 434. The number of carboxylic acids is 1. The van der Waals surface area contributed by atoms with Crippen LogP contribution in [0.25, 0.3) is 0 Å². The lowest BCUT2D eigenvalue weighted by Gasteiger charge is -2.35. The normalized spacial score (nSPS) is 25.0. The topological polar surface area (TPSA) is 53.4 Å². The van der Waals surface area contributed by atoms with Gasteiger partial charge in [-0.3, -0.25) is 14.7 Å². The summed E-state index contributed by atoms with van der Waals surface area (Å²) < 4.78 is 0. The van der Waals surface area contributed by atoms with Gasteiger partial charge in [0.1, 0.15) is 6.04 Å². The van der Waals surface area contributed by atoms with E-state index in [4.69, 9.17) is 0 Å². The van der Waals surface area contributed by atoms with Crippen molar-refractivity contribution in [3.05, 3.63) is 29.6 Å². The van der Waals surface area contributed by atoms with Gasteiger partial charge in [0.25, 0.3) is 0 Å². The highest BCUT2D eigenvalue weighted by atomic mass is 16.4. The summed E-state index contributed by atoms with van der Waals surface area (Å²) in [5.41, 5.74) is 2.21. The summed E-state index contributed by atoms with van der Waals surface area (Å²) in [6, 6.07) is 1.72. The zero-order valence-electron chi connectivity index (χ0n) is 11.0. The van der Waals surface area contributed by atoms with Gasteiger partial charge in [-0.15, -0.1) is 0 Å². The number of likely N-dealkylation sites (tertiary alicyclic amines) is 1. The van der Waals surface area contributed by atoms with Crippen LogP contribution in [0.3, 0.4) is 0 Å². The Kier molecular flexibility index (Phi) is 3.97. The first-order chi connectivity index (χ1) is 8.56. The lowest BCUT2D eigenvalue weighted by molar-refractivity contribution is -0.145. The van der Waals surface area contributed by atoms with Crippen LogP contribution in [0.5, 0.6) is 0 Å². The molecule has 0 aromatic carbocycles. The molecular weight excluding hydrogens is 228 g/mol. The minimum atomic E-state index is -0.706. The number of carbonyl (C=O) groups is 1. The quantitative estimate of drug-likeness (QED) is 0.889. The number of nitrogens with zero attached hydrogens (tertiary/aromatic N) is 2. The summed E-state index contributed by atoms with van der Waals surface area (Å²) in [6.07, 6.45) is 5.46. The van der Waals surface area contributed by atoms with Crippen molar-refractivity contribution < 1.29 is 9.90 Å². The lowest BCUT2D eigenvalue weighted by atomic mass is 9.92. The van der Waals surface area contributed by atoms with Crippen LogP contribution in [0.15, 0.2) is 18.5 Å². The van der Waals surface area contributed by atoms with E-state index in [0.29, 0.717) is 12.5 Å². The molecule has 1 saturated heterocycles. The third-order valence-corrected chi connectivity index (χ3v) is 3.58. The number of aromatic nitrogens is 1. The van der Waals surface area contributed by atoms with Gasteiger partial charge in [0.2, 0.25) is 0 Å². The van der Waals surface area contributed by atoms with Crippen molar-refractivity contribution in [3.8, 4) is 0 Å². The summed E-state index contributed by atoms with van der Waals surface area (Å²) >= 11 is 0.